The van der Waals surface area contributed by atoms with Gasteiger partial charge >= 0.3 is 6.18 Å². The standard InChI is InChI=1S/C11H15F3N2O2S/c12-11(13,14)7-16(2-1-3-17)5-9-4-8(6-19-9)10(15)18/h4,6,17H,1-3,5,7H2,(H2,15,18). The third-order valence-corrected chi connectivity index (χ3v) is 3.27. The minimum absolute atomic E-state index is 0.0808. The first-order valence-corrected chi connectivity index (χ1v) is 6.47. The highest BCUT2D eigenvalue weighted by Gasteiger charge is 2.30. The molecule has 0 radical (unpaired) electrons. The Hall–Kier alpha value is -1.12. The van der Waals surface area contributed by atoms with E-state index in [0.29, 0.717) is 10.4 Å². The van der Waals surface area contributed by atoms with E-state index in [9.17, 15) is 18.0 Å². The molecule has 4 nitrogen and oxygen atoms in total. The summed E-state index contributed by atoms with van der Waals surface area (Å²) < 4.78 is 37.2. The molecule has 0 saturated carbocycles. The van der Waals surface area contributed by atoms with Crippen LogP contribution in [-0.2, 0) is 6.54 Å². The average Bonchev–Trinajstić information content (AvgIpc) is 2.72. The van der Waals surface area contributed by atoms with E-state index in [1.165, 1.54) is 27.7 Å². The first-order valence-electron chi connectivity index (χ1n) is 5.59. The van der Waals surface area contributed by atoms with Crippen LogP contribution in [0.4, 0.5) is 13.2 Å². The van der Waals surface area contributed by atoms with Crippen LogP contribution < -0.4 is 5.73 Å². The van der Waals surface area contributed by atoms with E-state index in [2.05, 4.69) is 0 Å². The fraction of sp³-hybridized carbons (Fsp3) is 0.545. The quantitative estimate of drug-likeness (QED) is 0.803. The molecule has 0 aromatic carbocycles. The fourth-order valence-corrected chi connectivity index (χ4v) is 2.49. The Kier molecular flexibility index (Phi) is 5.77. The number of aliphatic hydroxyl groups is 1. The van der Waals surface area contributed by atoms with Crippen molar-refractivity contribution in [1.82, 2.24) is 4.90 Å². The normalized spacial score (nSPS) is 12.1. The second-order valence-corrected chi connectivity index (χ2v) is 5.06. The van der Waals surface area contributed by atoms with Gasteiger partial charge in [0.05, 0.1) is 12.1 Å². The second-order valence-electron chi connectivity index (χ2n) is 4.07. The number of aliphatic hydroxyl groups excluding tert-OH is 1. The monoisotopic (exact) mass is 296 g/mol. The van der Waals surface area contributed by atoms with Crippen molar-refractivity contribution in [3.63, 3.8) is 0 Å². The van der Waals surface area contributed by atoms with Gasteiger partial charge in [-0.1, -0.05) is 0 Å². The van der Waals surface area contributed by atoms with Gasteiger partial charge in [-0.05, 0) is 12.5 Å². The number of primary amides is 1. The summed E-state index contributed by atoms with van der Waals surface area (Å²) in [6.45, 7) is -0.987. The number of nitrogens with two attached hydrogens (primary N) is 1. The van der Waals surface area contributed by atoms with Gasteiger partial charge in [-0.3, -0.25) is 9.69 Å². The number of amides is 1. The van der Waals surface area contributed by atoms with E-state index in [0.717, 1.165) is 0 Å². The number of carbonyl (C=O) groups is 1. The molecule has 0 aliphatic rings. The molecule has 0 aliphatic carbocycles. The van der Waals surface area contributed by atoms with E-state index in [1.54, 1.807) is 0 Å². The van der Waals surface area contributed by atoms with E-state index >= 15 is 0 Å². The maximum atomic E-state index is 12.4. The Morgan fingerprint density at radius 3 is 2.63 bits per heavy atom. The number of nitrogens with zero attached hydrogens (tertiary/aromatic N) is 1. The van der Waals surface area contributed by atoms with Crippen LogP contribution in [0.25, 0.3) is 0 Å². The lowest BCUT2D eigenvalue weighted by Gasteiger charge is -2.22. The zero-order valence-electron chi connectivity index (χ0n) is 10.1. The van der Waals surface area contributed by atoms with Crippen molar-refractivity contribution < 1.29 is 23.1 Å². The molecule has 0 unspecified atom stereocenters. The van der Waals surface area contributed by atoms with Gasteiger partial charge in [0, 0.05) is 30.0 Å². The Morgan fingerprint density at radius 2 is 2.16 bits per heavy atom. The molecule has 0 atom stereocenters. The van der Waals surface area contributed by atoms with Crippen LogP contribution in [-0.4, -0.2) is 41.8 Å². The van der Waals surface area contributed by atoms with Gasteiger partial charge in [0.2, 0.25) is 5.91 Å². The van der Waals surface area contributed by atoms with Crippen LogP contribution in [0, 0.1) is 0 Å². The Bertz CT molecular complexity index is 420. The summed E-state index contributed by atoms with van der Waals surface area (Å²) in [6, 6.07) is 1.50. The Labute approximate surface area is 112 Å². The van der Waals surface area contributed by atoms with Crippen molar-refractivity contribution in [2.45, 2.75) is 19.1 Å². The summed E-state index contributed by atoms with van der Waals surface area (Å²) >= 11 is 1.19. The van der Waals surface area contributed by atoms with Crippen LogP contribution >= 0.6 is 11.3 Å². The lowest BCUT2D eigenvalue weighted by Crippen LogP contribution is -2.34. The van der Waals surface area contributed by atoms with Gasteiger partial charge in [-0.2, -0.15) is 13.2 Å². The molecule has 0 aliphatic heterocycles. The number of hydrogen-bond acceptors (Lipinski definition) is 4. The van der Waals surface area contributed by atoms with Crippen LogP contribution in [0.3, 0.4) is 0 Å². The number of hydrogen-bond donors (Lipinski definition) is 2. The SMILES string of the molecule is NC(=O)c1csc(CN(CCCO)CC(F)(F)F)c1. The van der Waals surface area contributed by atoms with Crippen molar-refractivity contribution in [1.29, 1.82) is 0 Å². The molecule has 0 bridgehead atoms. The third-order valence-electron chi connectivity index (χ3n) is 2.35. The summed E-state index contributed by atoms with van der Waals surface area (Å²) in [5.74, 6) is -0.597. The van der Waals surface area contributed by atoms with E-state index in [1.807, 2.05) is 0 Å². The lowest BCUT2D eigenvalue weighted by molar-refractivity contribution is -0.147. The summed E-state index contributed by atoms with van der Waals surface area (Å²) in [4.78, 5) is 12.7. The molecule has 108 valence electrons. The molecule has 8 heteroatoms. The van der Waals surface area contributed by atoms with Crippen LogP contribution in [0.5, 0.6) is 0 Å². The highest BCUT2D eigenvalue weighted by atomic mass is 32.1. The summed E-state index contributed by atoms with van der Waals surface area (Å²) in [5, 5.41) is 10.2. The third kappa shape index (κ3) is 6.04. The minimum atomic E-state index is -4.29. The Morgan fingerprint density at radius 1 is 1.47 bits per heavy atom. The van der Waals surface area contributed by atoms with Crippen molar-refractivity contribution in [3.8, 4) is 0 Å². The molecule has 1 rings (SSSR count). The first kappa shape index (κ1) is 15.9. The number of rotatable bonds is 7. The largest absolute Gasteiger partial charge is 0.401 e. The topological polar surface area (TPSA) is 66.6 Å². The lowest BCUT2D eigenvalue weighted by atomic mass is 10.3. The van der Waals surface area contributed by atoms with Gasteiger partial charge in [0.1, 0.15) is 0 Å². The molecule has 1 heterocycles. The van der Waals surface area contributed by atoms with Gasteiger partial charge in [-0.15, -0.1) is 11.3 Å². The summed E-state index contributed by atoms with van der Waals surface area (Å²) in [5.41, 5.74) is 5.38. The highest BCUT2D eigenvalue weighted by molar-refractivity contribution is 7.10. The van der Waals surface area contributed by atoms with Crippen molar-refractivity contribution >= 4 is 17.2 Å². The van der Waals surface area contributed by atoms with Gasteiger partial charge in [-0.25, -0.2) is 0 Å². The van der Waals surface area contributed by atoms with Crippen molar-refractivity contribution in [3.05, 3.63) is 21.9 Å². The number of alkyl halides is 3. The second kappa shape index (κ2) is 6.88. The molecule has 1 aromatic rings. The predicted molar refractivity (Wildman–Crippen MR) is 65.9 cm³/mol. The smallest absolute Gasteiger partial charge is 0.396 e. The van der Waals surface area contributed by atoms with E-state index < -0.39 is 18.6 Å². The van der Waals surface area contributed by atoms with Gasteiger partial charge in [0.25, 0.3) is 0 Å². The zero-order valence-corrected chi connectivity index (χ0v) is 10.9. The molecular weight excluding hydrogens is 281 g/mol. The van der Waals surface area contributed by atoms with Crippen LogP contribution in [0.2, 0.25) is 0 Å². The maximum Gasteiger partial charge on any atom is 0.401 e. The van der Waals surface area contributed by atoms with Crippen LogP contribution in [0.15, 0.2) is 11.4 Å². The fourth-order valence-electron chi connectivity index (χ4n) is 1.58. The number of carbonyl (C=O) groups excluding carboxylic acids is 1. The van der Waals surface area contributed by atoms with Crippen LogP contribution in [0.1, 0.15) is 21.7 Å². The zero-order chi connectivity index (χ0) is 14.5. The van der Waals surface area contributed by atoms with Crippen molar-refractivity contribution in [2.24, 2.45) is 5.73 Å². The molecule has 1 aromatic heterocycles. The summed E-state index contributed by atoms with van der Waals surface area (Å²) in [6.07, 6.45) is -4.02. The first-order chi connectivity index (χ1) is 8.81. The van der Waals surface area contributed by atoms with Gasteiger partial charge < -0.3 is 10.8 Å². The number of thiophene rings is 1. The minimum Gasteiger partial charge on any atom is -0.396 e. The molecule has 19 heavy (non-hydrogen) atoms. The van der Waals surface area contributed by atoms with E-state index in [4.69, 9.17) is 10.8 Å². The predicted octanol–water partition coefficient (Wildman–Crippen LogP) is 1.59. The van der Waals surface area contributed by atoms with E-state index in [-0.39, 0.29) is 26.1 Å². The number of halogens is 3. The highest BCUT2D eigenvalue weighted by Crippen LogP contribution is 2.21. The molecule has 0 spiro atoms. The maximum absolute atomic E-state index is 12.4. The molecular formula is C11H15F3N2O2S. The molecule has 3 N–H and O–H groups in total. The van der Waals surface area contributed by atoms with Gasteiger partial charge in [0.15, 0.2) is 0 Å². The Balaban J connectivity index is 2.66. The average molecular weight is 296 g/mol. The molecule has 0 fully saturated rings. The van der Waals surface area contributed by atoms with Crippen molar-refractivity contribution in [2.75, 3.05) is 19.7 Å². The summed E-state index contributed by atoms with van der Waals surface area (Å²) in [7, 11) is 0. The molecule has 1 amide bonds. The molecule has 0 saturated heterocycles.